The maximum Gasteiger partial charge on any atom is 0.353 e. The Morgan fingerprint density at radius 3 is 2.67 bits per heavy atom. The largest absolute Gasteiger partial charge is 0.477 e. The molecule has 21 heavy (non-hydrogen) atoms. The fourth-order valence-electron chi connectivity index (χ4n) is 1.53. The number of benzene rings is 1. The van der Waals surface area contributed by atoms with Gasteiger partial charge in [-0.1, -0.05) is 0 Å². The molecule has 0 radical (unpaired) electrons. The molecule has 9 nitrogen and oxygen atoms in total. The molecule has 0 saturated heterocycles. The van der Waals surface area contributed by atoms with Crippen LogP contribution in [0.5, 0.6) is 0 Å². The van der Waals surface area contributed by atoms with E-state index in [1.807, 2.05) is 0 Å². The third-order valence-corrected chi connectivity index (χ3v) is 2.45. The zero-order chi connectivity index (χ0) is 15.6. The van der Waals surface area contributed by atoms with Crippen molar-refractivity contribution < 1.29 is 24.0 Å². The summed E-state index contributed by atoms with van der Waals surface area (Å²) in [7, 11) is 0. The molecule has 1 amide bonds. The topological polar surface area (TPSA) is 138 Å². The predicted molar refractivity (Wildman–Crippen MR) is 66.6 cm³/mol. The number of nitrogens with one attached hydrogen (secondary N) is 2. The first-order chi connectivity index (χ1) is 9.88. The number of nitro groups is 1. The van der Waals surface area contributed by atoms with Gasteiger partial charge in [0.15, 0.2) is 5.82 Å². The lowest BCUT2D eigenvalue weighted by Gasteiger charge is -2.03. The van der Waals surface area contributed by atoms with E-state index in [1.165, 1.54) is 0 Å². The first-order valence-electron chi connectivity index (χ1n) is 5.42. The Kier molecular flexibility index (Phi) is 3.61. The van der Waals surface area contributed by atoms with Crippen molar-refractivity contribution in [2.45, 2.75) is 0 Å². The van der Waals surface area contributed by atoms with E-state index in [-0.39, 0.29) is 17.1 Å². The van der Waals surface area contributed by atoms with Gasteiger partial charge in [0.2, 0.25) is 0 Å². The molecule has 0 fully saturated rings. The van der Waals surface area contributed by atoms with Crippen LogP contribution in [0.25, 0.3) is 0 Å². The van der Waals surface area contributed by atoms with Crippen LogP contribution in [0.3, 0.4) is 0 Å². The molecule has 108 valence electrons. The molecule has 0 spiro atoms. The lowest BCUT2D eigenvalue weighted by Crippen LogP contribution is -2.14. The van der Waals surface area contributed by atoms with Crippen LogP contribution in [0.15, 0.2) is 24.3 Å². The zero-order valence-corrected chi connectivity index (χ0v) is 10.2. The Balaban J connectivity index is 2.27. The number of H-pyrrole nitrogens is 1. The Morgan fingerprint density at radius 1 is 1.38 bits per heavy atom. The average molecular weight is 294 g/mol. The number of nitrogens with zero attached hydrogens (tertiary/aromatic N) is 2. The van der Waals surface area contributed by atoms with Gasteiger partial charge in [0, 0.05) is 6.07 Å². The van der Waals surface area contributed by atoms with Gasteiger partial charge in [0.25, 0.3) is 11.6 Å². The van der Waals surface area contributed by atoms with E-state index in [1.54, 1.807) is 0 Å². The summed E-state index contributed by atoms with van der Waals surface area (Å²) in [6, 6.07) is 3.50. The highest BCUT2D eigenvalue weighted by molar-refractivity contribution is 6.06. The first-order valence-corrected chi connectivity index (χ1v) is 5.42. The number of anilines is 1. The Labute approximate surface area is 115 Å². The number of hydrogen-bond donors (Lipinski definition) is 3. The van der Waals surface area contributed by atoms with E-state index >= 15 is 0 Å². The number of halogens is 1. The summed E-state index contributed by atoms with van der Waals surface area (Å²) in [6.45, 7) is 0. The van der Waals surface area contributed by atoms with Gasteiger partial charge in [-0.2, -0.15) is 5.10 Å². The van der Waals surface area contributed by atoms with Crippen LogP contribution >= 0.6 is 0 Å². The van der Waals surface area contributed by atoms with Gasteiger partial charge in [-0.3, -0.25) is 20.0 Å². The van der Waals surface area contributed by atoms with Crippen molar-refractivity contribution in [3.63, 3.8) is 0 Å². The molecule has 2 aromatic rings. The number of aromatic nitrogens is 2. The molecule has 0 aliphatic heterocycles. The molecule has 10 heteroatoms. The van der Waals surface area contributed by atoms with Crippen LogP contribution in [-0.2, 0) is 0 Å². The van der Waals surface area contributed by atoms with Crippen molar-refractivity contribution in [2.24, 2.45) is 0 Å². The van der Waals surface area contributed by atoms with Crippen molar-refractivity contribution in [1.29, 1.82) is 0 Å². The van der Waals surface area contributed by atoms with Crippen LogP contribution < -0.4 is 5.32 Å². The second-order valence-electron chi connectivity index (χ2n) is 3.84. The number of aromatic amines is 1. The third kappa shape index (κ3) is 3.00. The van der Waals surface area contributed by atoms with Gasteiger partial charge in [0.05, 0.1) is 11.0 Å². The summed E-state index contributed by atoms with van der Waals surface area (Å²) in [5.74, 6) is -3.18. The van der Waals surface area contributed by atoms with E-state index in [2.05, 4.69) is 15.5 Å². The standard InChI is InChI=1S/C11H7FN4O5/c12-5-1-2-6(8(3-5)16(20)21)10(17)13-9-4-7(11(18)19)14-15-9/h1-4H,(H,18,19)(H2,13,14,15,17). The average Bonchev–Trinajstić information content (AvgIpc) is 2.87. The molecule has 1 aromatic carbocycles. The van der Waals surface area contributed by atoms with E-state index in [4.69, 9.17) is 5.11 Å². The normalized spacial score (nSPS) is 10.1. The molecule has 1 aromatic heterocycles. The van der Waals surface area contributed by atoms with Crippen molar-refractivity contribution in [2.75, 3.05) is 5.32 Å². The molecule has 1 heterocycles. The number of nitro benzene ring substituents is 1. The van der Waals surface area contributed by atoms with Crippen molar-refractivity contribution in [3.8, 4) is 0 Å². The number of hydrogen-bond acceptors (Lipinski definition) is 5. The maximum atomic E-state index is 13.0. The summed E-state index contributed by atoms with van der Waals surface area (Å²) < 4.78 is 13.0. The number of aromatic carboxylic acids is 1. The van der Waals surface area contributed by atoms with Gasteiger partial charge in [-0.15, -0.1) is 0 Å². The quantitative estimate of drug-likeness (QED) is 0.575. The minimum atomic E-state index is -1.28. The van der Waals surface area contributed by atoms with E-state index in [9.17, 15) is 24.1 Å². The lowest BCUT2D eigenvalue weighted by molar-refractivity contribution is -0.385. The van der Waals surface area contributed by atoms with Crippen LogP contribution in [0, 0.1) is 15.9 Å². The van der Waals surface area contributed by atoms with Crippen molar-refractivity contribution >= 4 is 23.4 Å². The minimum Gasteiger partial charge on any atom is -0.477 e. The van der Waals surface area contributed by atoms with Gasteiger partial charge in [-0.25, -0.2) is 9.18 Å². The Morgan fingerprint density at radius 2 is 2.10 bits per heavy atom. The molecule has 3 N–H and O–H groups in total. The molecule has 0 aliphatic rings. The predicted octanol–water partition coefficient (Wildman–Crippen LogP) is 1.41. The van der Waals surface area contributed by atoms with Crippen LogP contribution in [-0.4, -0.2) is 32.1 Å². The highest BCUT2D eigenvalue weighted by Crippen LogP contribution is 2.21. The zero-order valence-electron chi connectivity index (χ0n) is 10.2. The number of carboxylic acid groups (broad SMARTS) is 1. The van der Waals surface area contributed by atoms with Gasteiger partial charge in [-0.05, 0) is 12.1 Å². The summed E-state index contributed by atoms with van der Waals surface area (Å²) in [5.41, 5.74) is -1.35. The summed E-state index contributed by atoms with van der Waals surface area (Å²) in [6.07, 6.45) is 0. The molecule has 0 aliphatic carbocycles. The third-order valence-electron chi connectivity index (χ3n) is 2.45. The summed E-state index contributed by atoms with van der Waals surface area (Å²) >= 11 is 0. The summed E-state index contributed by atoms with van der Waals surface area (Å²) in [5, 5.41) is 27.3. The van der Waals surface area contributed by atoms with Crippen molar-refractivity contribution in [3.05, 3.63) is 51.5 Å². The second kappa shape index (κ2) is 5.36. The van der Waals surface area contributed by atoms with E-state index < -0.39 is 28.3 Å². The fraction of sp³-hybridized carbons (Fsp3) is 0. The van der Waals surface area contributed by atoms with Gasteiger partial charge in [0.1, 0.15) is 17.1 Å². The molecule has 0 unspecified atom stereocenters. The SMILES string of the molecule is O=C(O)c1cc(NC(=O)c2ccc(F)cc2[N+](=O)[O-])n[nH]1. The second-order valence-corrected chi connectivity index (χ2v) is 3.84. The maximum absolute atomic E-state index is 13.0. The Hall–Kier alpha value is -3.30. The van der Waals surface area contributed by atoms with E-state index in [0.29, 0.717) is 6.07 Å². The molecule has 2 rings (SSSR count). The fourth-order valence-corrected chi connectivity index (χ4v) is 1.53. The van der Waals surface area contributed by atoms with Crippen LogP contribution in [0.4, 0.5) is 15.9 Å². The van der Waals surface area contributed by atoms with Gasteiger partial charge < -0.3 is 10.4 Å². The highest BCUT2D eigenvalue weighted by atomic mass is 19.1. The Bertz CT molecular complexity index is 742. The lowest BCUT2D eigenvalue weighted by atomic mass is 10.1. The molecular formula is C11H7FN4O5. The monoisotopic (exact) mass is 294 g/mol. The highest BCUT2D eigenvalue weighted by Gasteiger charge is 2.22. The minimum absolute atomic E-state index is 0.129. The number of rotatable bonds is 4. The molecule has 0 saturated carbocycles. The summed E-state index contributed by atoms with van der Waals surface area (Å²) in [4.78, 5) is 32.4. The number of carbonyl (C=O) groups excluding carboxylic acids is 1. The molecular weight excluding hydrogens is 287 g/mol. The van der Waals surface area contributed by atoms with Crippen molar-refractivity contribution in [1.82, 2.24) is 10.2 Å². The van der Waals surface area contributed by atoms with Crippen LogP contribution in [0.2, 0.25) is 0 Å². The number of carboxylic acids is 1. The first kappa shape index (κ1) is 14.1. The van der Waals surface area contributed by atoms with E-state index in [0.717, 1.165) is 18.2 Å². The van der Waals surface area contributed by atoms with Crippen LogP contribution in [0.1, 0.15) is 20.8 Å². The molecule has 0 atom stereocenters. The number of carbonyl (C=O) groups is 2. The number of amides is 1. The molecule has 0 bridgehead atoms. The van der Waals surface area contributed by atoms with Gasteiger partial charge >= 0.3 is 5.97 Å². The smallest absolute Gasteiger partial charge is 0.353 e.